The molecule has 506 valence electrons. The van der Waals surface area contributed by atoms with Gasteiger partial charge in [-0.2, -0.15) is 39.5 Å². The summed E-state index contributed by atoms with van der Waals surface area (Å²) in [7, 11) is 0. The van der Waals surface area contributed by atoms with Gasteiger partial charge in [0.15, 0.2) is 0 Å². The minimum Gasteiger partial charge on any atom is -0.489 e. The highest BCUT2D eigenvalue weighted by Gasteiger charge is 2.40. The molecule has 0 unspecified atom stereocenters. The Morgan fingerprint density at radius 3 is 1.03 bits per heavy atom. The Morgan fingerprint density at radius 1 is 0.371 bits per heavy atom. The average Bonchev–Trinajstić information content (AvgIpc) is 0.827. The summed E-state index contributed by atoms with van der Waals surface area (Å²) in [6, 6.07) is 55.9. The zero-order chi connectivity index (χ0) is 69.7. The van der Waals surface area contributed by atoms with Crippen LogP contribution in [0.4, 0.5) is 39.5 Å². The Hall–Kier alpha value is -11.4. The first-order valence-corrected chi connectivity index (χ1v) is 29.7. The molecule has 2 aliphatic rings. The quantitative estimate of drug-likeness (QED) is 0.0685. The van der Waals surface area contributed by atoms with Crippen LogP contribution in [0.15, 0.2) is 206 Å². The Bertz CT molecular complexity index is 3960. The molecule has 0 radical (unpaired) electrons. The van der Waals surface area contributed by atoms with E-state index < -0.39 is 82.8 Å². The van der Waals surface area contributed by atoms with Crippen LogP contribution >= 0.6 is 0 Å². The van der Waals surface area contributed by atoms with Crippen molar-refractivity contribution < 1.29 is 97.1 Å². The van der Waals surface area contributed by atoms with Gasteiger partial charge in [0.1, 0.15) is 47.7 Å². The Kier molecular flexibility index (Phi) is 24.4. The highest BCUT2D eigenvalue weighted by Crippen LogP contribution is 2.35. The smallest absolute Gasteiger partial charge is 0.471 e. The number of aromatic carboxylic acids is 1. The first-order chi connectivity index (χ1) is 46.3. The number of nitrogens with one attached hydrogen (secondary N) is 2. The zero-order valence-electron chi connectivity index (χ0n) is 51.2. The van der Waals surface area contributed by atoms with Gasteiger partial charge in [0.2, 0.25) is 11.8 Å². The fraction of sp³-hybridized carbons (Fsp3) is 0.214. The first kappa shape index (κ1) is 71.5. The second-order valence-electron chi connectivity index (χ2n) is 21.3. The van der Waals surface area contributed by atoms with Gasteiger partial charge in [0, 0.05) is 57.9 Å². The summed E-state index contributed by atoms with van der Waals surface area (Å²) >= 11 is 0. The molecule has 0 spiro atoms. The van der Waals surface area contributed by atoms with Gasteiger partial charge in [-0.1, -0.05) is 84.9 Å². The van der Waals surface area contributed by atoms with E-state index in [-0.39, 0.29) is 70.4 Å². The third kappa shape index (κ3) is 21.3. The molecule has 0 saturated carbocycles. The standard InChI is InChI=1S/C34H30F3N3O5.C20H16O4.C16H15F6N3O3/c35-34(36,37)30-9-5-4-8-29(30)33(43)40-20-18-39(19-21-40)31(41)22-38-32(42)25-10-12-27(13-11-25)45-28-16-14-26(15-17-28)44-23-24-6-2-1-3-7-24;21-20(22)16-6-8-18(9-7-16)24-19-12-10-17(11-13-19)23-14-15-4-2-1-3-5-15;17-15(18,19)11-4-2-1-3-10(11)13(27)25-7-5-24(6-8-25)12(26)9-23-14(28)16(20,21)22/h1-17H,18-23H2,(H,38,42);1-13H,14H2,(H,21,22);1-4H,5-9H2,(H,23,28). The number of amides is 6. The molecule has 2 aliphatic heterocycles. The molecule has 0 aromatic heterocycles. The molecule has 3 N–H and O–H groups in total. The van der Waals surface area contributed by atoms with E-state index in [9.17, 15) is 73.1 Å². The molecule has 0 aliphatic carbocycles. The Balaban J connectivity index is 0.000000199. The maximum Gasteiger partial charge on any atom is 0.471 e. The zero-order valence-corrected chi connectivity index (χ0v) is 51.2. The van der Waals surface area contributed by atoms with Crippen LogP contribution in [0.5, 0.6) is 34.5 Å². The Labute approximate surface area is 549 Å². The second kappa shape index (κ2) is 33.1. The van der Waals surface area contributed by atoms with Crippen LogP contribution in [0.2, 0.25) is 0 Å². The molecule has 6 amide bonds. The maximum absolute atomic E-state index is 13.3. The number of carboxylic acids is 1. The van der Waals surface area contributed by atoms with Crippen molar-refractivity contribution in [2.75, 3.05) is 65.4 Å². The lowest BCUT2D eigenvalue weighted by Gasteiger charge is -2.35. The molecule has 2 heterocycles. The fourth-order valence-corrected chi connectivity index (χ4v) is 9.53. The lowest BCUT2D eigenvalue weighted by atomic mass is 10.1. The minimum atomic E-state index is -5.11. The van der Waals surface area contributed by atoms with Crippen LogP contribution in [0.3, 0.4) is 0 Å². The number of carboxylic acid groups (broad SMARTS) is 1. The van der Waals surface area contributed by atoms with Gasteiger partial charge in [0.25, 0.3) is 17.7 Å². The minimum absolute atomic E-state index is 0.0790. The molecular weight excluding hydrogens is 1290 g/mol. The number of carbonyl (C=O) groups is 7. The summed E-state index contributed by atoms with van der Waals surface area (Å²) < 4.78 is 138. The summed E-state index contributed by atoms with van der Waals surface area (Å²) in [5.41, 5.74) is -0.275. The van der Waals surface area contributed by atoms with Crippen molar-refractivity contribution in [3.63, 3.8) is 0 Å². The van der Waals surface area contributed by atoms with Gasteiger partial charge in [-0.05, 0) is 132 Å². The molecule has 27 heteroatoms. The predicted molar refractivity (Wildman–Crippen MR) is 334 cm³/mol. The molecule has 8 aromatic carbocycles. The van der Waals surface area contributed by atoms with Gasteiger partial charge in [-0.3, -0.25) is 28.8 Å². The fourth-order valence-electron chi connectivity index (χ4n) is 9.53. The van der Waals surface area contributed by atoms with Crippen LogP contribution in [0, 0.1) is 0 Å². The molecule has 2 fully saturated rings. The SMILES string of the molecule is O=C(CNC(=O)C(F)(F)F)N1CCN(C(=O)c2ccccc2C(F)(F)F)CC1.O=C(NCC(=O)N1CCN(C(=O)c2ccccc2C(F)(F)F)CC1)c1ccc(Oc2ccc(OCc3ccccc3)cc2)cc1.O=C(O)c1ccc(Oc2ccc(OCc3ccccc3)cc2)cc1. The Morgan fingerprint density at radius 2 is 0.680 bits per heavy atom. The topological polar surface area (TPSA) is 214 Å². The number of benzene rings is 8. The lowest BCUT2D eigenvalue weighted by Crippen LogP contribution is -2.53. The van der Waals surface area contributed by atoms with Crippen LogP contribution in [0.25, 0.3) is 0 Å². The molecule has 8 aromatic rings. The predicted octanol–water partition coefficient (Wildman–Crippen LogP) is 12.2. The molecular formula is C70H61F9N6O12. The van der Waals surface area contributed by atoms with Crippen LogP contribution in [-0.4, -0.2) is 138 Å². The molecule has 18 nitrogen and oxygen atoms in total. The van der Waals surface area contributed by atoms with E-state index in [4.69, 9.17) is 24.1 Å². The molecule has 97 heavy (non-hydrogen) atoms. The number of hydrogen-bond acceptors (Lipinski definition) is 11. The summed E-state index contributed by atoms with van der Waals surface area (Å²) in [6.45, 7) is -0.0821. The van der Waals surface area contributed by atoms with E-state index in [1.54, 1.807) is 48.5 Å². The number of carbonyl (C=O) groups excluding carboxylic acids is 6. The molecule has 0 atom stereocenters. The number of nitrogens with zero attached hydrogens (tertiary/aromatic N) is 4. The summed E-state index contributed by atoms with van der Waals surface area (Å²) in [6.07, 6.45) is -14.5. The third-order valence-corrected chi connectivity index (χ3v) is 14.7. The van der Waals surface area contributed by atoms with Crippen molar-refractivity contribution in [2.24, 2.45) is 0 Å². The van der Waals surface area contributed by atoms with Crippen molar-refractivity contribution >= 4 is 41.4 Å². The lowest BCUT2D eigenvalue weighted by molar-refractivity contribution is -0.174. The summed E-state index contributed by atoms with van der Waals surface area (Å²) in [5, 5.41) is 12.9. The summed E-state index contributed by atoms with van der Waals surface area (Å²) in [4.78, 5) is 88.9. The van der Waals surface area contributed by atoms with E-state index in [0.29, 0.717) is 47.5 Å². The van der Waals surface area contributed by atoms with Crippen molar-refractivity contribution in [3.8, 4) is 34.5 Å². The average molecular weight is 1350 g/mol. The first-order valence-electron chi connectivity index (χ1n) is 29.7. The number of halogens is 9. The van der Waals surface area contributed by atoms with E-state index in [1.165, 1.54) is 45.4 Å². The van der Waals surface area contributed by atoms with Crippen molar-refractivity contribution in [1.29, 1.82) is 0 Å². The van der Waals surface area contributed by atoms with Crippen molar-refractivity contribution in [3.05, 3.63) is 251 Å². The van der Waals surface area contributed by atoms with Crippen LogP contribution < -0.4 is 29.6 Å². The highest BCUT2D eigenvalue weighted by atomic mass is 19.4. The van der Waals surface area contributed by atoms with Crippen LogP contribution in [0.1, 0.15) is 63.7 Å². The summed E-state index contributed by atoms with van der Waals surface area (Å²) in [5.74, 6) is -2.59. The number of rotatable bonds is 18. The van der Waals surface area contributed by atoms with E-state index in [0.717, 1.165) is 57.0 Å². The van der Waals surface area contributed by atoms with Gasteiger partial charge < -0.3 is 54.3 Å². The highest BCUT2D eigenvalue weighted by molar-refractivity contribution is 5.98. The number of ether oxygens (including phenoxy) is 4. The van der Waals surface area contributed by atoms with Crippen molar-refractivity contribution in [2.45, 2.75) is 31.7 Å². The van der Waals surface area contributed by atoms with E-state index >= 15 is 0 Å². The number of piperazine rings is 2. The number of hydrogen-bond donors (Lipinski definition) is 3. The second-order valence-corrected chi connectivity index (χ2v) is 21.3. The normalized spacial score (nSPS) is 13.1. The number of alkyl halides is 9. The van der Waals surface area contributed by atoms with Gasteiger partial charge in [-0.15, -0.1) is 0 Å². The van der Waals surface area contributed by atoms with Crippen molar-refractivity contribution in [1.82, 2.24) is 30.2 Å². The largest absolute Gasteiger partial charge is 0.489 e. The molecule has 10 rings (SSSR count). The molecule has 2 saturated heterocycles. The van der Waals surface area contributed by atoms with Gasteiger partial charge >= 0.3 is 30.4 Å². The monoisotopic (exact) mass is 1350 g/mol. The van der Waals surface area contributed by atoms with Gasteiger partial charge in [0.05, 0.1) is 40.9 Å². The molecule has 0 bridgehead atoms. The third-order valence-electron chi connectivity index (χ3n) is 14.7. The van der Waals surface area contributed by atoms with E-state index in [2.05, 4.69) is 5.32 Å². The maximum atomic E-state index is 13.3. The van der Waals surface area contributed by atoms with E-state index in [1.807, 2.05) is 97.1 Å². The van der Waals surface area contributed by atoms with Gasteiger partial charge in [-0.25, -0.2) is 4.79 Å². The van der Waals surface area contributed by atoms with Crippen LogP contribution in [-0.2, 0) is 39.9 Å².